The van der Waals surface area contributed by atoms with E-state index in [9.17, 15) is 9.59 Å². The highest BCUT2D eigenvalue weighted by Crippen LogP contribution is 2.27. The summed E-state index contributed by atoms with van der Waals surface area (Å²) in [7, 11) is 3.49. The van der Waals surface area contributed by atoms with E-state index in [4.69, 9.17) is 0 Å². The first-order chi connectivity index (χ1) is 14.0. The molecule has 0 aliphatic carbocycles. The van der Waals surface area contributed by atoms with Crippen molar-refractivity contribution in [3.05, 3.63) is 35.9 Å². The largest absolute Gasteiger partial charge is 0.331 e. The topological polar surface area (TPSA) is 78.4 Å². The minimum atomic E-state index is -0.0907. The second-order valence-electron chi connectivity index (χ2n) is 7.24. The standard InChI is InChI=1S/C20H27N5O2S2/c1-24(2)20(27)25-12-10-16(11-13-25)17(26)21-18-22-23-19(29-18)28-14-6-9-15-7-4-3-5-8-15/h3-5,7-8,16H,6,9-14H2,1-2H3,(H,21,22,26). The highest BCUT2D eigenvalue weighted by atomic mass is 32.2. The maximum absolute atomic E-state index is 12.5. The summed E-state index contributed by atoms with van der Waals surface area (Å²) in [6, 6.07) is 10.4. The lowest BCUT2D eigenvalue weighted by Gasteiger charge is -2.32. The van der Waals surface area contributed by atoms with E-state index in [0.717, 1.165) is 22.9 Å². The average molecular weight is 434 g/mol. The first-order valence-corrected chi connectivity index (χ1v) is 11.6. The van der Waals surface area contributed by atoms with Gasteiger partial charge in [-0.25, -0.2) is 4.79 Å². The van der Waals surface area contributed by atoms with Crippen LogP contribution in [0.25, 0.3) is 0 Å². The van der Waals surface area contributed by atoms with Crippen LogP contribution in [0.5, 0.6) is 0 Å². The molecular formula is C20H27N5O2S2. The molecule has 1 aromatic carbocycles. The van der Waals surface area contributed by atoms with Crippen LogP contribution in [0, 0.1) is 5.92 Å². The van der Waals surface area contributed by atoms with Crippen LogP contribution in [0.2, 0.25) is 0 Å². The zero-order chi connectivity index (χ0) is 20.6. The third-order valence-electron chi connectivity index (χ3n) is 4.83. The molecule has 0 unspecified atom stereocenters. The van der Waals surface area contributed by atoms with E-state index in [1.165, 1.54) is 16.9 Å². The van der Waals surface area contributed by atoms with E-state index in [0.29, 0.717) is 31.1 Å². The van der Waals surface area contributed by atoms with Crippen molar-refractivity contribution < 1.29 is 9.59 Å². The van der Waals surface area contributed by atoms with Crippen molar-refractivity contribution >= 4 is 40.2 Å². The number of carbonyl (C=O) groups is 2. The van der Waals surface area contributed by atoms with Gasteiger partial charge in [0, 0.05) is 38.9 Å². The number of aromatic nitrogens is 2. The molecule has 2 aromatic rings. The molecular weight excluding hydrogens is 406 g/mol. The predicted molar refractivity (Wildman–Crippen MR) is 117 cm³/mol. The molecule has 1 aliphatic heterocycles. The van der Waals surface area contributed by atoms with Crippen LogP contribution >= 0.6 is 23.1 Å². The third-order valence-corrected chi connectivity index (χ3v) is 6.89. The Hall–Kier alpha value is -2.13. The van der Waals surface area contributed by atoms with Crippen molar-refractivity contribution in [3.63, 3.8) is 0 Å². The number of carbonyl (C=O) groups excluding carboxylic acids is 2. The second kappa shape index (κ2) is 10.6. The SMILES string of the molecule is CN(C)C(=O)N1CCC(C(=O)Nc2nnc(SCCCc3ccccc3)s2)CC1. The Morgan fingerprint density at radius 1 is 1.21 bits per heavy atom. The van der Waals surface area contributed by atoms with Crippen LogP contribution < -0.4 is 5.32 Å². The van der Waals surface area contributed by atoms with Crippen LogP contribution in [0.4, 0.5) is 9.93 Å². The molecule has 0 saturated carbocycles. The summed E-state index contributed by atoms with van der Waals surface area (Å²) in [5.74, 6) is 0.848. The molecule has 0 spiro atoms. The number of benzene rings is 1. The van der Waals surface area contributed by atoms with Crippen molar-refractivity contribution in [3.8, 4) is 0 Å². The normalized spacial score (nSPS) is 14.6. The van der Waals surface area contributed by atoms with Crippen molar-refractivity contribution in [1.82, 2.24) is 20.0 Å². The van der Waals surface area contributed by atoms with E-state index in [-0.39, 0.29) is 17.9 Å². The molecule has 1 saturated heterocycles. The molecule has 0 bridgehead atoms. The summed E-state index contributed by atoms with van der Waals surface area (Å²) in [6.07, 6.45) is 3.46. The summed E-state index contributed by atoms with van der Waals surface area (Å²) in [6.45, 7) is 1.21. The fraction of sp³-hybridized carbons (Fsp3) is 0.500. The van der Waals surface area contributed by atoms with Crippen molar-refractivity contribution in [2.45, 2.75) is 30.0 Å². The Morgan fingerprint density at radius 2 is 1.93 bits per heavy atom. The van der Waals surface area contributed by atoms with E-state index < -0.39 is 0 Å². The van der Waals surface area contributed by atoms with E-state index in [1.54, 1.807) is 35.7 Å². The number of aryl methyl sites for hydroxylation is 1. The highest BCUT2D eigenvalue weighted by molar-refractivity contribution is 8.01. The number of rotatable bonds is 7. The molecule has 156 valence electrons. The molecule has 0 radical (unpaired) electrons. The molecule has 1 aromatic heterocycles. The zero-order valence-electron chi connectivity index (χ0n) is 16.8. The smallest absolute Gasteiger partial charge is 0.319 e. The molecule has 3 rings (SSSR count). The van der Waals surface area contributed by atoms with Crippen LogP contribution in [0.15, 0.2) is 34.7 Å². The van der Waals surface area contributed by atoms with Gasteiger partial charge in [0.15, 0.2) is 4.34 Å². The fourth-order valence-electron chi connectivity index (χ4n) is 3.22. The molecule has 1 aliphatic rings. The molecule has 2 heterocycles. The van der Waals surface area contributed by atoms with E-state index in [1.807, 2.05) is 6.07 Å². The van der Waals surface area contributed by atoms with Crippen LogP contribution in [0.3, 0.4) is 0 Å². The van der Waals surface area contributed by atoms with E-state index in [2.05, 4.69) is 39.8 Å². The number of nitrogens with one attached hydrogen (secondary N) is 1. The lowest BCUT2D eigenvalue weighted by molar-refractivity contribution is -0.121. The number of anilines is 1. The molecule has 0 atom stereocenters. The van der Waals surface area contributed by atoms with Gasteiger partial charge >= 0.3 is 6.03 Å². The van der Waals surface area contributed by atoms with Crippen LogP contribution in [-0.4, -0.2) is 64.9 Å². The number of likely N-dealkylation sites (tertiary alicyclic amines) is 1. The van der Waals surface area contributed by atoms with Gasteiger partial charge in [-0.3, -0.25) is 4.79 Å². The first kappa shape index (κ1) is 21.6. The summed E-state index contributed by atoms with van der Waals surface area (Å²) in [4.78, 5) is 27.9. The minimum Gasteiger partial charge on any atom is -0.331 e. The molecule has 9 heteroatoms. The lowest BCUT2D eigenvalue weighted by atomic mass is 9.96. The van der Waals surface area contributed by atoms with Crippen molar-refractivity contribution in [1.29, 1.82) is 0 Å². The van der Waals surface area contributed by atoms with Gasteiger partial charge in [-0.2, -0.15) is 0 Å². The maximum Gasteiger partial charge on any atom is 0.319 e. The first-order valence-electron chi connectivity index (χ1n) is 9.80. The Bertz CT molecular complexity index is 804. The number of hydrogen-bond donors (Lipinski definition) is 1. The van der Waals surface area contributed by atoms with Gasteiger partial charge in [-0.05, 0) is 31.2 Å². The van der Waals surface area contributed by atoms with Gasteiger partial charge in [0.2, 0.25) is 11.0 Å². The van der Waals surface area contributed by atoms with Gasteiger partial charge in [-0.15, -0.1) is 10.2 Å². The maximum atomic E-state index is 12.5. The minimum absolute atomic E-state index is 0.00177. The average Bonchev–Trinajstić information content (AvgIpc) is 3.18. The Kier molecular flexibility index (Phi) is 7.88. The van der Waals surface area contributed by atoms with Gasteiger partial charge in [0.05, 0.1) is 0 Å². The number of urea groups is 1. The summed E-state index contributed by atoms with van der Waals surface area (Å²) in [5, 5.41) is 11.7. The third kappa shape index (κ3) is 6.43. The van der Waals surface area contributed by atoms with Gasteiger partial charge in [0.25, 0.3) is 0 Å². The zero-order valence-corrected chi connectivity index (χ0v) is 18.5. The number of thioether (sulfide) groups is 1. The Balaban J connectivity index is 1.38. The van der Waals surface area contributed by atoms with Crippen molar-refractivity contribution in [2.24, 2.45) is 5.92 Å². The van der Waals surface area contributed by atoms with Crippen LogP contribution in [0.1, 0.15) is 24.8 Å². The molecule has 1 fully saturated rings. The predicted octanol–water partition coefficient (Wildman–Crippen LogP) is 3.60. The molecule has 3 amide bonds. The number of amides is 3. The molecule has 29 heavy (non-hydrogen) atoms. The second-order valence-corrected chi connectivity index (χ2v) is 9.56. The van der Waals surface area contributed by atoms with Crippen LogP contribution in [-0.2, 0) is 11.2 Å². The summed E-state index contributed by atoms with van der Waals surface area (Å²) < 4.78 is 0.875. The monoisotopic (exact) mass is 433 g/mol. The van der Waals surface area contributed by atoms with Gasteiger partial charge in [0.1, 0.15) is 0 Å². The molecule has 7 nitrogen and oxygen atoms in total. The quantitative estimate of drug-likeness (QED) is 0.410. The van der Waals surface area contributed by atoms with Crippen molar-refractivity contribution in [2.75, 3.05) is 38.3 Å². The van der Waals surface area contributed by atoms with E-state index >= 15 is 0 Å². The Morgan fingerprint density at radius 3 is 2.62 bits per heavy atom. The summed E-state index contributed by atoms with van der Waals surface area (Å²) >= 11 is 3.09. The highest BCUT2D eigenvalue weighted by Gasteiger charge is 2.28. The lowest BCUT2D eigenvalue weighted by Crippen LogP contribution is -2.45. The van der Waals surface area contributed by atoms with Gasteiger partial charge < -0.3 is 15.1 Å². The molecule has 1 N–H and O–H groups in total. The summed E-state index contributed by atoms with van der Waals surface area (Å²) in [5.41, 5.74) is 1.34. The Labute approximate surface area is 179 Å². The number of piperidine rings is 1. The number of nitrogens with zero attached hydrogens (tertiary/aromatic N) is 4. The van der Waals surface area contributed by atoms with Gasteiger partial charge in [-0.1, -0.05) is 53.4 Å². The number of hydrogen-bond acceptors (Lipinski definition) is 6. The fourth-order valence-corrected chi connectivity index (χ4v) is 4.99.